The van der Waals surface area contributed by atoms with Crippen molar-refractivity contribution in [2.75, 3.05) is 6.54 Å². The summed E-state index contributed by atoms with van der Waals surface area (Å²) in [6.45, 7) is 8.27. The number of likely N-dealkylation sites (tertiary alicyclic amines) is 1. The van der Waals surface area contributed by atoms with E-state index in [1.807, 2.05) is 42.5 Å². The Morgan fingerprint density at radius 3 is 2.21 bits per heavy atom. The first-order valence-corrected chi connectivity index (χ1v) is 21.2. The summed E-state index contributed by atoms with van der Waals surface area (Å²) in [4.78, 5) is 98.5. The third-order valence-electron chi connectivity index (χ3n) is 10.7. The highest BCUT2D eigenvalue weighted by molar-refractivity contribution is 5.96. The molecule has 2 aromatic carbocycles. The van der Waals surface area contributed by atoms with E-state index in [1.165, 1.54) is 18.7 Å². The van der Waals surface area contributed by atoms with E-state index in [9.17, 15) is 33.6 Å². The normalized spacial score (nSPS) is 17.6. The molecule has 16 heteroatoms. The van der Waals surface area contributed by atoms with E-state index >= 15 is 0 Å². The molecule has 16 nitrogen and oxygen atoms in total. The molecule has 2 fully saturated rings. The van der Waals surface area contributed by atoms with Gasteiger partial charge in [0.1, 0.15) is 48.5 Å². The summed E-state index contributed by atoms with van der Waals surface area (Å²) < 4.78 is 16.5. The molecule has 330 valence electrons. The van der Waals surface area contributed by atoms with Gasteiger partial charge >= 0.3 is 18.0 Å². The SMILES string of the molecule is C[C@@H](NC(=O)[C@@H]1CCCN1C(=O)[C@@H](Cc1c[nH]c2ccccc12)NC(=O)OC(C)(C)C)C(=O)N[C@@H](CCC(=O)OC1CCCCC1)C(=O)N[C@H](C)C(=O)OCc1ccccc1. The summed E-state index contributed by atoms with van der Waals surface area (Å²) in [6.07, 6.45) is 5.94. The maximum absolute atomic E-state index is 14.2. The van der Waals surface area contributed by atoms with E-state index in [2.05, 4.69) is 26.3 Å². The Hall–Kier alpha value is -5.93. The van der Waals surface area contributed by atoms with Gasteiger partial charge in [-0.1, -0.05) is 55.0 Å². The number of nitrogens with zero attached hydrogens (tertiary/aromatic N) is 1. The van der Waals surface area contributed by atoms with Crippen LogP contribution in [0.15, 0.2) is 60.8 Å². The molecule has 0 spiro atoms. The third kappa shape index (κ3) is 13.8. The number of para-hydroxylation sites is 1. The Morgan fingerprint density at radius 2 is 1.49 bits per heavy atom. The van der Waals surface area contributed by atoms with Gasteiger partial charge in [0, 0.05) is 36.5 Å². The van der Waals surface area contributed by atoms with Crippen LogP contribution >= 0.6 is 0 Å². The van der Waals surface area contributed by atoms with Crippen LogP contribution in [0.1, 0.15) is 104 Å². The number of esters is 2. The Kier molecular flexibility index (Phi) is 16.3. The fourth-order valence-corrected chi connectivity index (χ4v) is 7.53. The van der Waals surface area contributed by atoms with Crippen molar-refractivity contribution in [3.63, 3.8) is 0 Å². The smallest absolute Gasteiger partial charge is 0.408 e. The molecule has 3 aromatic rings. The summed E-state index contributed by atoms with van der Waals surface area (Å²) in [5.41, 5.74) is 1.59. The first-order chi connectivity index (χ1) is 29.1. The van der Waals surface area contributed by atoms with Crippen molar-refractivity contribution in [2.45, 2.75) is 147 Å². The average Bonchev–Trinajstić information content (AvgIpc) is 3.89. The molecule has 1 aromatic heterocycles. The monoisotopic (exact) mass is 844 g/mol. The molecule has 1 aliphatic carbocycles. The van der Waals surface area contributed by atoms with Gasteiger partial charge in [0.05, 0.1) is 0 Å². The fourth-order valence-electron chi connectivity index (χ4n) is 7.53. The first-order valence-electron chi connectivity index (χ1n) is 21.2. The molecule has 1 saturated heterocycles. The number of nitrogens with one attached hydrogen (secondary N) is 5. The molecule has 0 radical (unpaired) electrons. The second-order valence-corrected chi connectivity index (χ2v) is 16.9. The van der Waals surface area contributed by atoms with Crippen LogP contribution in [-0.2, 0) is 56.0 Å². The van der Waals surface area contributed by atoms with Gasteiger partial charge in [-0.2, -0.15) is 0 Å². The van der Waals surface area contributed by atoms with Gasteiger partial charge in [0.15, 0.2) is 0 Å². The van der Waals surface area contributed by atoms with Gasteiger partial charge in [-0.05, 0) is 96.8 Å². The molecular weight excluding hydrogens is 785 g/mol. The third-order valence-corrected chi connectivity index (χ3v) is 10.7. The Bertz CT molecular complexity index is 2010. The Labute approximate surface area is 356 Å². The number of benzene rings is 2. The topological polar surface area (TPSA) is 214 Å². The number of aromatic nitrogens is 1. The van der Waals surface area contributed by atoms with Crippen LogP contribution in [0.2, 0.25) is 0 Å². The van der Waals surface area contributed by atoms with Gasteiger partial charge in [-0.15, -0.1) is 0 Å². The van der Waals surface area contributed by atoms with Crippen molar-refractivity contribution in [1.29, 1.82) is 0 Å². The highest BCUT2D eigenvalue weighted by Gasteiger charge is 2.39. The lowest BCUT2D eigenvalue weighted by Gasteiger charge is -2.30. The first kappa shape index (κ1) is 46.1. The van der Waals surface area contributed by atoms with Gasteiger partial charge in [0.2, 0.25) is 23.6 Å². The van der Waals surface area contributed by atoms with Crippen LogP contribution in [0.5, 0.6) is 0 Å². The van der Waals surface area contributed by atoms with Crippen LogP contribution in [-0.4, -0.2) is 100 Å². The van der Waals surface area contributed by atoms with Crippen LogP contribution in [0, 0.1) is 0 Å². The lowest BCUT2D eigenvalue weighted by atomic mass is 9.98. The molecule has 1 aliphatic heterocycles. The molecule has 2 aliphatic rings. The minimum atomic E-state index is -1.27. The molecule has 1 saturated carbocycles. The van der Waals surface area contributed by atoms with E-state index in [0.29, 0.717) is 12.8 Å². The number of carbonyl (C=O) groups is 7. The average molecular weight is 845 g/mol. The molecule has 5 N–H and O–H groups in total. The minimum Gasteiger partial charge on any atom is -0.462 e. The van der Waals surface area contributed by atoms with Gasteiger partial charge < -0.3 is 45.4 Å². The second-order valence-electron chi connectivity index (χ2n) is 16.9. The van der Waals surface area contributed by atoms with Gasteiger partial charge in [-0.3, -0.25) is 24.0 Å². The number of alkyl carbamates (subject to hydrolysis) is 1. The predicted molar refractivity (Wildman–Crippen MR) is 225 cm³/mol. The van der Waals surface area contributed by atoms with Crippen molar-refractivity contribution < 1.29 is 47.8 Å². The van der Waals surface area contributed by atoms with Crippen molar-refractivity contribution >= 4 is 52.6 Å². The number of amides is 5. The number of hydrogen-bond donors (Lipinski definition) is 5. The number of H-pyrrole nitrogens is 1. The zero-order valence-electron chi connectivity index (χ0n) is 35.8. The predicted octanol–water partition coefficient (Wildman–Crippen LogP) is 4.49. The summed E-state index contributed by atoms with van der Waals surface area (Å²) in [7, 11) is 0. The summed E-state index contributed by atoms with van der Waals surface area (Å²) in [6, 6.07) is 11.0. The summed E-state index contributed by atoms with van der Waals surface area (Å²) >= 11 is 0. The summed E-state index contributed by atoms with van der Waals surface area (Å²) in [5.74, 6) is -3.74. The maximum Gasteiger partial charge on any atom is 0.408 e. The van der Waals surface area contributed by atoms with E-state index in [-0.39, 0.29) is 38.5 Å². The number of ether oxygens (including phenoxy) is 3. The zero-order chi connectivity index (χ0) is 44.1. The lowest BCUT2D eigenvalue weighted by Crippen LogP contribution is -2.58. The minimum absolute atomic E-state index is 0.000704. The Morgan fingerprint density at radius 1 is 0.787 bits per heavy atom. The maximum atomic E-state index is 14.2. The second kappa shape index (κ2) is 21.5. The van der Waals surface area contributed by atoms with Crippen molar-refractivity contribution in [3.05, 3.63) is 71.9 Å². The van der Waals surface area contributed by atoms with E-state index < -0.39 is 77.5 Å². The number of rotatable bonds is 17. The van der Waals surface area contributed by atoms with Crippen molar-refractivity contribution in [2.24, 2.45) is 0 Å². The summed E-state index contributed by atoms with van der Waals surface area (Å²) in [5, 5.41) is 11.5. The molecule has 61 heavy (non-hydrogen) atoms. The molecule has 0 bridgehead atoms. The molecule has 5 atom stereocenters. The molecule has 0 unspecified atom stereocenters. The van der Waals surface area contributed by atoms with Crippen LogP contribution in [0.4, 0.5) is 4.79 Å². The number of carbonyl (C=O) groups excluding carboxylic acids is 7. The largest absolute Gasteiger partial charge is 0.462 e. The van der Waals surface area contributed by atoms with E-state index in [0.717, 1.165) is 54.1 Å². The van der Waals surface area contributed by atoms with E-state index in [1.54, 1.807) is 39.1 Å². The van der Waals surface area contributed by atoms with Crippen LogP contribution in [0.25, 0.3) is 10.9 Å². The lowest BCUT2D eigenvalue weighted by molar-refractivity contribution is -0.151. The molecule has 5 rings (SSSR count). The number of fused-ring (bicyclic) bond motifs is 1. The molecule has 5 amide bonds. The number of aromatic amines is 1. The van der Waals surface area contributed by atoms with Crippen molar-refractivity contribution in [3.8, 4) is 0 Å². The highest BCUT2D eigenvalue weighted by atomic mass is 16.6. The quantitative estimate of drug-likeness (QED) is 0.0949. The van der Waals surface area contributed by atoms with Gasteiger partial charge in [0.25, 0.3) is 0 Å². The molecule has 2 heterocycles. The van der Waals surface area contributed by atoms with Crippen LogP contribution in [0.3, 0.4) is 0 Å². The van der Waals surface area contributed by atoms with Crippen LogP contribution < -0.4 is 21.3 Å². The standard InChI is InChI=1S/C45H60N6O10/c1-28(39(53)49-35(22-23-38(52)60-32-17-10-7-11-18-32)40(54)48-29(2)43(57)59-27-30-15-8-6-9-16-30)47-41(55)37-21-14-24-51(37)42(56)36(50-44(58)61-45(3,4)5)25-31-26-46-34-20-13-12-19-33(31)34/h6,8-9,12-13,15-16,19-20,26,28-29,32,35-37,46H,7,10-11,14,17-18,21-25,27H2,1-5H3,(H,47,55)(H,48,54)(H,49,53)(H,50,58)/t28-,29-,35+,36-,37+/m1/s1. The highest BCUT2D eigenvalue weighted by Crippen LogP contribution is 2.24. The number of hydrogen-bond acceptors (Lipinski definition) is 10. The van der Waals surface area contributed by atoms with E-state index in [4.69, 9.17) is 14.2 Å². The zero-order valence-corrected chi connectivity index (χ0v) is 35.8. The fraction of sp³-hybridized carbons (Fsp3) is 0.533. The Balaban J connectivity index is 1.23. The van der Waals surface area contributed by atoms with Gasteiger partial charge in [-0.25, -0.2) is 9.59 Å². The molecular formula is C45H60N6O10. The van der Waals surface area contributed by atoms with Crippen molar-refractivity contribution in [1.82, 2.24) is 31.2 Å².